The molecule has 0 saturated carbocycles. The summed E-state index contributed by atoms with van der Waals surface area (Å²) in [6.45, 7) is 0. The second-order valence-electron chi connectivity index (χ2n) is 11.3. The molecule has 4 nitrogen and oxygen atoms in total. The third-order valence-corrected chi connectivity index (χ3v) is 18.2. The number of carbonyl (C=O) groups is 1. The van der Waals surface area contributed by atoms with Gasteiger partial charge >= 0.3 is 285 Å². The first-order valence-electron chi connectivity index (χ1n) is 15.2. The molecule has 6 heteroatoms. The zero-order valence-corrected chi connectivity index (χ0v) is 28.6. The molecular weight excluding hydrogens is 665 g/mol. The number of nitriles is 1. The Bertz CT molecular complexity index is 1980. The van der Waals surface area contributed by atoms with E-state index in [4.69, 9.17) is 9.47 Å². The minimum atomic E-state index is -3.43. The van der Waals surface area contributed by atoms with Gasteiger partial charge in [0.15, 0.2) is 0 Å². The molecule has 0 bridgehead atoms. The minimum absolute atomic E-state index is 0.174. The van der Waals surface area contributed by atoms with Gasteiger partial charge in [0.05, 0.1) is 0 Å². The van der Waals surface area contributed by atoms with E-state index in [9.17, 15) is 10.1 Å². The van der Waals surface area contributed by atoms with Crippen LogP contribution in [-0.2, 0) is 6.16 Å². The molecule has 47 heavy (non-hydrogen) atoms. The van der Waals surface area contributed by atoms with Crippen molar-refractivity contribution in [2.24, 2.45) is 0 Å². The van der Waals surface area contributed by atoms with Crippen molar-refractivity contribution in [3.05, 3.63) is 174 Å². The topological polar surface area (TPSA) is 59.3 Å². The van der Waals surface area contributed by atoms with E-state index >= 15 is 0 Å². The Morgan fingerprint density at radius 3 is 1.62 bits per heavy atom. The van der Waals surface area contributed by atoms with Crippen LogP contribution in [0.15, 0.2) is 152 Å². The number of methoxy groups -OCH3 is 2. The van der Waals surface area contributed by atoms with Crippen molar-refractivity contribution in [2.45, 2.75) is 6.16 Å². The van der Waals surface area contributed by atoms with Crippen LogP contribution < -0.4 is 25.4 Å². The van der Waals surface area contributed by atoms with Crippen molar-refractivity contribution in [1.82, 2.24) is 0 Å². The molecule has 0 aliphatic rings. The van der Waals surface area contributed by atoms with Crippen LogP contribution >= 0.6 is 20.8 Å². The molecule has 232 valence electrons. The third-order valence-electron chi connectivity index (χ3n) is 8.70. The summed E-state index contributed by atoms with van der Waals surface area (Å²) in [5, 5.41) is 9.95. The molecule has 0 radical (unpaired) electrons. The van der Waals surface area contributed by atoms with E-state index in [-0.39, 0.29) is 5.78 Å². The molecule has 0 aliphatic heterocycles. The number of halogens is 1. The van der Waals surface area contributed by atoms with E-state index in [1.165, 1.54) is 15.9 Å². The molecule has 0 aliphatic carbocycles. The van der Waals surface area contributed by atoms with Gasteiger partial charge in [-0.3, -0.25) is 0 Å². The molecule has 6 rings (SSSR count). The van der Waals surface area contributed by atoms with Crippen LogP contribution in [0.5, 0.6) is 11.5 Å². The van der Waals surface area contributed by atoms with Crippen LogP contribution in [0.1, 0.15) is 27.0 Å². The molecule has 0 unspecified atom stereocenters. The van der Waals surface area contributed by atoms with Gasteiger partial charge in [-0.2, -0.15) is 0 Å². The van der Waals surface area contributed by atoms with E-state index in [1.807, 2.05) is 36.4 Å². The Hall–Kier alpha value is -5.01. The fourth-order valence-electron chi connectivity index (χ4n) is 6.28. The average Bonchev–Trinajstić information content (AvgIpc) is 3.15. The predicted molar refractivity (Wildman–Crippen MR) is 197 cm³/mol. The Labute approximate surface area is 283 Å². The first-order chi connectivity index (χ1) is 22.9. The van der Waals surface area contributed by atoms with Crippen LogP contribution in [0, 0.1) is 11.3 Å². The van der Waals surface area contributed by atoms with Gasteiger partial charge < -0.3 is 0 Å². The average molecular weight is 699 g/mol. The Morgan fingerprint density at radius 1 is 0.638 bits per heavy atom. The molecular formula is C41H33BrNO3P. The Balaban J connectivity index is 1.64. The molecule has 0 N–H and O–H groups in total. The van der Waals surface area contributed by atoms with Crippen molar-refractivity contribution >= 4 is 42.5 Å². The van der Waals surface area contributed by atoms with Crippen LogP contribution in [0.2, 0.25) is 0 Å². The van der Waals surface area contributed by atoms with Crippen molar-refractivity contribution in [3.8, 4) is 28.7 Å². The maximum atomic E-state index is 14.2. The summed E-state index contributed by atoms with van der Waals surface area (Å²) in [7, 11) is 3.26. The van der Waals surface area contributed by atoms with Crippen molar-refractivity contribution < 1.29 is 14.3 Å². The zero-order valence-electron chi connectivity index (χ0n) is 26.1. The Kier molecular flexibility index (Phi) is 9.10. The van der Waals surface area contributed by atoms with Crippen molar-refractivity contribution in [2.75, 3.05) is 14.2 Å². The van der Waals surface area contributed by atoms with Crippen molar-refractivity contribution in [1.29, 1.82) is 5.26 Å². The number of carbonyl (C=O) groups excluding carboxylic acids is 1. The second kappa shape index (κ2) is 13.4. The van der Waals surface area contributed by atoms with E-state index in [0.29, 0.717) is 34.4 Å². The van der Waals surface area contributed by atoms with E-state index in [0.717, 1.165) is 16.7 Å². The van der Waals surface area contributed by atoms with E-state index < -0.39 is 5.31 Å². The SMILES string of the molecule is COc1ccc(C(=O)c2cc(C#N)ccc2-c2ccc(OC)cc2CP(Br)(c2ccccc2)(c2ccccc2)c2ccccc2)cc1. The molecule has 0 fully saturated rings. The molecule has 0 spiro atoms. The Morgan fingerprint density at radius 2 is 1.13 bits per heavy atom. The molecule has 6 aromatic carbocycles. The number of nitrogens with zero attached hydrogens (tertiary/aromatic N) is 1. The van der Waals surface area contributed by atoms with Gasteiger partial charge in [-0.25, -0.2) is 0 Å². The first kappa shape index (κ1) is 32.0. The number of benzene rings is 6. The summed E-state index contributed by atoms with van der Waals surface area (Å²) in [6, 6.07) is 52.5. The first-order valence-corrected chi connectivity index (χ1v) is 19.6. The fraction of sp³-hybridized carbons (Fsp3) is 0.0732. The molecule has 6 aromatic rings. The number of hydrogen-bond acceptors (Lipinski definition) is 4. The summed E-state index contributed by atoms with van der Waals surface area (Å²) in [5.41, 5.74) is 4.02. The quantitative estimate of drug-likeness (QED) is 0.106. The summed E-state index contributed by atoms with van der Waals surface area (Å²) in [5.74, 6) is 1.20. The van der Waals surface area contributed by atoms with Gasteiger partial charge in [0, 0.05) is 0 Å². The van der Waals surface area contributed by atoms with Gasteiger partial charge in [0.2, 0.25) is 0 Å². The van der Waals surface area contributed by atoms with Gasteiger partial charge in [-0.1, -0.05) is 0 Å². The molecule has 0 saturated heterocycles. The van der Waals surface area contributed by atoms with Gasteiger partial charge in [0.1, 0.15) is 0 Å². The van der Waals surface area contributed by atoms with Crippen LogP contribution in [0.4, 0.5) is 0 Å². The van der Waals surface area contributed by atoms with E-state index in [2.05, 4.69) is 100 Å². The predicted octanol–water partition coefficient (Wildman–Crippen LogP) is 8.81. The van der Waals surface area contributed by atoms with Gasteiger partial charge in [-0.15, -0.1) is 0 Å². The molecule has 0 atom stereocenters. The number of ether oxygens (including phenoxy) is 2. The summed E-state index contributed by atoms with van der Waals surface area (Å²) in [4.78, 5) is 14.2. The third kappa shape index (κ3) is 5.87. The standard InChI is InChI=1S/C41H33BrNO3P/c1-45-33-21-19-31(20-22-33)41(44)40-26-30(28-43)18-24-39(40)38-25-23-34(46-2)27-32(38)29-47(42,35-12-6-3-7-13-35,36-14-8-4-9-15-36)37-16-10-5-11-17-37/h3-27H,29H2,1-2H3. The monoisotopic (exact) mass is 697 g/mol. The zero-order chi connectivity index (χ0) is 32.9. The summed E-state index contributed by atoms with van der Waals surface area (Å²) >= 11 is 4.60. The molecule has 0 aromatic heterocycles. The van der Waals surface area contributed by atoms with Crippen LogP contribution in [-0.4, -0.2) is 20.0 Å². The van der Waals surface area contributed by atoms with Gasteiger partial charge in [0.25, 0.3) is 0 Å². The fourth-order valence-corrected chi connectivity index (χ4v) is 13.9. The number of hydrogen-bond donors (Lipinski definition) is 0. The molecule has 0 heterocycles. The second-order valence-corrected chi connectivity index (χ2v) is 20.2. The normalized spacial score (nSPS) is 11.9. The summed E-state index contributed by atoms with van der Waals surface area (Å²) < 4.78 is 11.1. The number of rotatable bonds is 10. The van der Waals surface area contributed by atoms with Crippen LogP contribution in [0.3, 0.4) is 0 Å². The van der Waals surface area contributed by atoms with Gasteiger partial charge in [-0.05, 0) is 0 Å². The van der Waals surface area contributed by atoms with E-state index in [1.54, 1.807) is 50.6 Å². The molecule has 0 amide bonds. The number of ketones is 1. The summed E-state index contributed by atoms with van der Waals surface area (Å²) in [6.07, 6.45) is 0.590. The maximum absolute atomic E-state index is 14.2. The van der Waals surface area contributed by atoms with Crippen molar-refractivity contribution in [3.63, 3.8) is 0 Å². The van der Waals surface area contributed by atoms with Crippen LogP contribution in [0.25, 0.3) is 11.1 Å².